The molecule has 0 saturated carbocycles. The molecule has 0 fully saturated rings. The van der Waals surface area contributed by atoms with Crippen LogP contribution in [-0.2, 0) is 0 Å². The third-order valence-corrected chi connectivity index (χ3v) is 6.76. The summed E-state index contributed by atoms with van der Waals surface area (Å²) in [5, 5.41) is 0.489. The zero-order chi connectivity index (χ0) is 24.7. The lowest BCUT2D eigenvalue weighted by molar-refractivity contribution is 0.0971. The predicted octanol–water partition coefficient (Wildman–Crippen LogP) is 6.65. The molecule has 1 amide bonds. The first kappa shape index (κ1) is 22.9. The van der Waals surface area contributed by atoms with Crippen LogP contribution in [0.4, 0.5) is 5.69 Å². The molecule has 1 aliphatic rings. The van der Waals surface area contributed by atoms with Crippen LogP contribution >= 0.6 is 0 Å². The van der Waals surface area contributed by atoms with Gasteiger partial charge in [0.05, 0.1) is 23.6 Å². The van der Waals surface area contributed by atoms with Gasteiger partial charge in [-0.2, -0.15) is 0 Å². The van der Waals surface area contributed by atoms with Gasteiger partial charge in [0.2, 0.25) is 5.76 Å². The molecule has 4 aromatic rings. The summed E-state index contributed by atoms with van der Waals surface area (Å²) >= 11 is 0. The highest BCUT2D eigenvalue weighted by Gasteiger charge is 2.43. The number of ether oxygens (including phenoxy) is 1. The molecular weight excluding hydrogens is 438 g/mol. The van der Waals surface area contributed by atoms with Crippen molar-refractivity contribution in [3.63, 3.8) is 0 Å². The second-order valence-corrected chi connectivity index (χ2v) is 9.29. The molecule has 0 saturated heterocycles. The van der Waals surface area contributed by atoms with Gasteiger partial charge in [0.1, 0.15) is 11.3 Å². The van der Waals surface area contributed by atoms with E-state index in [0.29, 0.717) is 23.1 Å². The van der Waals surface area contributed by atoms with Gasteiger partial charge in [-0.15, -0.1) is 0 Å². The molecular formula is C30H29NO4. The molecule has 0 radical (unpaired) electrons. The van der Waals surface area contributed by atoms with E-state index in [1.54, 1.807) is 11.0 Å². The van der Waals surface area contributed by atoms with Crippen molar-refractivity contribution in [2.24, 2.45) is 0 Å². The van der Waals surface area contributed by atoms with Gasteiger partial charge in [0.25, 0.3) is 5.91 Å². The number of anilines is 1. The number of carbonyl (C=O) groups excluding carboxylic acids is 1. The summed E-state index contributed by atoms with van der Waals surface area (Å²) in [6.45, 7) is 8.77. The largest absolute Gasteiger partial charge is 0.494 e. The number of benzene rings is 3. The minimum atomic E-state index is -0.592. The Morgan fingerprint density at radius 3 is 2.40 bits per heavy atom. The summed E-state index contributed by atoms with van der Waals surface area (Å²) in [7, 11) is 0. The number of nitrogens with zero attached hydrogens (tertiary/aromatic N) is 1. The lowest BCUT2D eigenvalue weighted by Gasteiger charge is -2.26. The first-order chi connectivity index (χ1) is 16.9. The highest BCUT2D eigenvalue weighted by molar-refractivity contribution is 6.10. The molecule has 0 aliphatic carbocycles. The van der Waals surface area contributed by atoms with Crippen LogP contribution in [0.5, 0.6) is 5.75 Å². The molecule has 1 atom stereocenters. The Hall–Kier alpha value is -3.86. The maximum atomic E-state index is 13.8. The van der Waals surface area contributed by atoms with E-state index in [1.165, 1.54) is 0 Å². The van der Waals surface area contributed by atoms with E-state index in [9.17, 15) is 9.59 Å². The molecule has 3 aromatic carbocycles. The third-order valence-electron chi connectivity index (χ3n) is 6.76. The van der Waals surface area contributed by atoms with Crippen LogP contribution in [0.2, 0.25) is 0 Å². The zero-order valence-electron chi connectivity index (χ0n) is 20.6. The average Bonchev–Trinajstić information content (AvgIpc) is 3.14. The molecule has 0 N–H and O–H groups in total. The minimum absolute atomic E-state index is 0.109. The lowest BCUT2D eigenvalue weighted by Crippen LogP contribution is -2.29. The van der Waals surface area contributed by atoms with E-state index in [1.807, 2.05) is 75.4 Å². The maximum absolute atomic E-state index is 13.8. The van der Waals surface area contributed by atoms with Crippen molar-refractivity contribution in [2.45, 2.75) is 46.6 Å². The van der Waals surface area contributed by atoms with Gasteiger partial charge in [-0.25, -0.2) is 0 Å². The molecule has 178 valence electrons. The van der Waals surface area contributed by atoms with Crippen molar-refractivity contribution in [2.75, 3.05) is 11.5 Å². The third kappa shape index (κ3) is 4.01. The number of unbranched alkanes of at least 4 members (excludes halogenated alkanes) is 1. The normalized spacial score (nSPS) is 15.0. The first-order valence-electron chi connectivity index (χ1n) is 12.1. The number of hydrogen-bond acceptors (Lipinski definition) is 4. The van der Waals surface area contributed by atoms with Gasteiger partial charge in [-0.3, -0.25) is 14.5 Å². The summed E-state index contributed by atoms with van der Waals surface area (Å²) < 4.78 is 11.9. The fourth-order valence-electron chi connectivity index (χ4n) is 4.62. The summed E-state index contributed by atoms with van der Waals surface area (Å²) in [4.78, 5) is 29.2. The van der Waals surface area contributed by atoms with Crippen molar-refractivity contribution in [1.82, 2.24) is 0 Å². The molecule has 1 aliphatic heterocycles. The highest BCUT2D eigenvalue weighted by Crippen LogP contribution is 2.42. The number of amides is 1. The van der Waals surface area contributed by atoms with E-state index >= 15 is 0 Å². The first-order valence-corrected chi connectivity index (χ1v) is 12.1. The predicted molar refractivity (Wildman–Crippen MR) is 139 cm³/mol. The molecule has 5 nitrogen and oxygen atoms in total. The minimum Gasteiger partial charge on any atom is -0.494 e. The van der Waals surface area contributed by atoms with Crippen molar-refractivity contribution in [3.8, 4) is 5.75 Å². The summed E-state index contributed by atoms with van der Waals surface area (Å²) in [6, 6.07) is 18.5. The fraction of sp³-hybridized carbons (Fsp3) is 0.267. The monoisotopic (exact) mass is 467 g/mol. The van der Waals surface area contributed by atoms with Crippen LogP contribution in [0, 0.1) is 20.8 Å². The van der Waals surface area contributed by atoms with Crippen molar-refractivity contribution >= 4 is 22.6 Å². The van der Waals surface area contributed by atoms with Crippen LogP contribution in [0.3, 0.4) is 0 Å². The molecule has 5 heteroatoms. The van der Waals surface area contributed by atoms with E-state index in [2.05, 4.69) is 6.92 Å². The van der Waals surface area contributed by atoms with Crippen LogP contribution in [0.25, 0.3) is 11.0 Å². The average molecular weight is 468 g/mol. The maximum Gasteiger partial charge on any atom is 0.295 e. The van der Waals surface area contributed by atoms with E-state index in [4.69, 9.17) is 9.15 Å². The molecule has 1 unspecified atom stereocenters. The summed E-state index contributed by atoms with van der Waals surface area (Å²) in [6.07, 6.45) is 2.05. The SMILES string of the molecule is CCCCOc1ccc(C2c3c(oc4ccc(C)cc4c3=O)C(=O)N2c2ccc(C)c(C)c2)cc1. The highest BCUT2D eigenvalue weighted by atomic mass is 16.5. The van der Waals surface area contributed by atoms with Crippen LogP contribution < -0.4 is 15.1 Å². The van der Waals surface area contributed by atoms with Crippen molar-refractivity contribution in [3.05, 3.63) is 104 Å². The van der Waals surface area contributed by atoms with Gasteiger partial charge in [0, 0.05) is 5.69 Å². The van der Waals surface area contributed by atoms with E-state index < -0.39 is 6.04 Å². The Bertz CT molecular complexity index is 1480. The van der Waals surface area contributed by atoms with Gasteiger partial charge in [-0.1, -0.05) is 43.2 Å². The quantitative estimate of drug-likeness (QED) is 0.298. The molecule has 0 bridgehead atoms. The molecule has 5 rings (SSSR count). The van der Waals surface area contributed by atoms with Crippen LogP contribution in [0.1, 0.15) is 64.2 Å². The number of rotatable bonds is 6. The second kappa shape index (κ2) is 9.06. The van der Waals surface area contributed by atoms with Gasteiger partial charge in [0.15, 0.2) is 5.43 Å². The Morgan fingerprint density at radius 1 is 0.914 bits per heavy atom. The Kier molecular flexibility index (Phi) is 5.93. The van der Waals surface area contributed by atoms with Crippen molar-refractivity contribution in [1.29, 1.82) is 0 Å². The molecule has 35 heavy (non-hydrogen) atoms. The Balaban J connectivity index is 1.68. The van der Waals surface area contributed by atoms with Gasteiger partial charge < -0.3 is 9.15 Å². The standard InChI is InChI=1S/C30H29NO4/c1-5-6-15-34-23-12-9-21(10-13-23)27-26-28(32)24-16-18(2)7-14-25(24)35-29(26)30(33)31(27)22-11-8-19(3)20(4)17-22/h7-14,16-17,27H,5-6,15H2,1-4H3. The summed E-state index contributed by atoms with van der Waals surface area (Å²) in [5.41, 5.74) is 5.38. The molecule has 0 spiro atoms. The lowest BCUT2D eigenvalue weighted by atomic mass is 9.97. The van der Waals surface area contributed by atoms with E-state index in [-0.39, 0.29) is 17.1 Å². The van der Waals surface area contributed by atoms with E-state index in [0.717, 1.165) is 46.5 Å². The van der Waals surface area contributed by atoms with Crippen molar-refractivity contribution < 1.29 is 13.9 Å². The summed E-state index contributed by atoms with van der Waals surface area (Å²) in [5.74, 6) is 0.569. The Labute approximate surface area is 205 Å². The van der Waals surface area contributed by atoms with Crippen LogP contribution in [-0.4, -0.2) is 12.5 Å². The number of carbonyl (C=O) groups is 1. The second-order valence-electron chi connectivity index (χ2n) is 9.29. The molecule has 1 aromatic heterocycles. The zero-order valence-corrected chi connectivity index (χ0v) is 20.6. The number of fused-ring (bicyclic) bond motifs is 2. The topological polar surface area (TPSA) is 59.8 Å². The van der Waals surface area contributed by atoms with Crippen LogP contribution in [0.15, 0.2) is 69.9 Å². The van der Waals surface area contributed by atoms with Gasteiger partial charge in [-0.05, 0) is 80.3 Å². The smallest absolute Gasteiger partial charge is 0.295 e. The van der Waals surface area contributed by atoms with Gasteiger partial charge >= 0.3 is 0 Å². The fourth-order valence-corrected chi connectivity index (χ4v) is 4.62. The number of hydrogen-bond donors (Lipinski definition) is 0. The number of aryl methyl sites for hydroxylation is 3. The molecule has 2 heterocycles. The Morgan fingerprint density at radius 2 is 1.69 bits per heavy atom.